The fourth-order valence-electron chi connectivity index (χ4n) is 8.22. The van der Waals surface area contributed by atoms with Gasteiger partial charge >= 0.3 is 5.97 Å². The van der Waals surface area contributed by atoms with Crippen molar-refractivity contribution in [3.05, 3.63) is 208 Å². The van der Waals surface area contributed by atoms with Gasteiger partial charge in [0, 0.05) is 41.5 Å². The van der Waals surface area contributed by atoms with Crippen LogP contribution < -0.4 is 10.4 Å². The molecule has 1 aliphatic heterocycles. The molecule has 14 heteroatoms. The standard InChI is InChI=1S/C48H48N7O6P/c1-32(2)53-45(36-20-10-6-11-21-36)46(37-22-12-7-13-23-37)54(33(3)4)62(53,61)52-43(35-27-29-38(30-28-35)55(59)60)44(48(57)58)51-42(34-18-8-5-9-19-34)39-24-14-15-25-40(39)50-47(56)41-26-16-17-31-49-41/h5-33,43-46H,1-4H3,(H,50,56)(H,52,61)(H,57,58)/t43-,44+,45+,46+/m0/s1. The van der Waals surface area contributed by atoms with Crippen LogP contribution in [0.4, 0.5) is 11.4 Å². The fourth-order valence-corrected chi connectivity index (χ4v) is 11.8. The number of aliphatic carboxylic acids is 1. The number of non-ortho nitro benzene ring substituents is 1. The molecule has 3 N–H and O–H groups in total. The number of carbonyl (C=O) groups is 2. The van der Waals surface area contributed by atoms with Crippen molar-refractivity contribution in [2.75, 3.05) is 5.32 Å². The molecule has 0 bridgehead atoms. The molecule has 4 atom stereocenters. The van der Waals surface area contributed by atoms with Crippen LogP contribution in [0.3, 0.4) is 0 Å². The van der Waals surface area contributed by atoms with E-state index in [4.69, 9.17) is 4.99 Å². The van der Waals surface area contributed by atoms with E-state index in [1.54, 1.807) is 66.7 Å². The topological polar surface area (TPSA) is 170 Å². The van der Waals surface area contributed by atoms with E-state index in [0.717, 1.165) is 11.1 Å². The zero-order chi connectivity index (χ0) is 44.0. The lowest BCUT2D eigenvalue weighted by atomic mass is 9.92. The van der Waals surface area contributed by atoms with E-state index in [2.05, 4.69) is 15.4 Å². The average Bonchev–Trinajstić information content (AvgIpc) is 3.57. The first-order valence-corrected chi connectivity index (χ1v) is 22.0. The van der Waals surface area contributed by atoms with E-state index < -0.39 is 48.6 Å². The van der Waals surface area contributed by atoms with Crippen molar-refractivity contribution >= 4 is 36.6 Å². The molecule has 1 amide bonds. The van der Waals surface area contributed by atoms with Gasteiger partial charge in [-0.3, -0.25) is 29.5 Å². The monoisotopic (exact) mass is 849 g/mol. The fraction of sp³-hybridized carbons (Fsp3) is 0.208. The summed E-state index contributed by atoms with van der Waals surface area (Å²) >= 11 is 0. The molecule has 1 aliphatic rings. The van der Waals surface area contributed by atoms with Crippen molar-refractivity contribution < 1.29 is 24.2 Å². The van der Waals surface area contributed by atoms with E-state index in [9.17, 15) is 24.8 Å². The summed E-state index contributed by atoms with van der Waals surface area (Å²) in [5.74, 6) is -1.82. The normalized spacial score (nSPS) is 17.7. The highest BCUT2D eigenvalue weighted by atomic mass is 31.2. The number of amides is 1. The van der Waals surface area contributed by atoms with Gasteiger partial charge in [0.05, 0.1) is 34.4 Å². The number of nitro groups is 1. The molecule has 0 saturated carbocycles. The molecule has 2 heterocycles. The number of carboxylic acid groups (broad SMARTS) is 1. The first-order valence-electron chi connectivity index (χ1n) is 20.4. The number of pyridine rings is 1. The third-order valence-electron chi connectivity index (χ3n) is 10.8. The molecule has 1 saturated heterocycles. The number of anilines is 1. The largest absolute Gasteiger partial charge is 0.480 e. The van der Waals surface area contributed by atoms with Crippen LogP contribution in [0, 0.1) is 10.1 Å². The van der Waals surface area contributed by atoms with Gasteiger partial charge in [0.15, 0.2) is 6.04 Å². The van der Waals surface area contributed by atoms with Crippen molar-refractivity contribution in [2.24, 2.45) is 4.99 Å². The minimum atomic E-state index is -4.06. The molecule has 0 spiro atoms. The summed E-state index contributed by atoms with van der Waals surface area (Å²) in [4.78, 5) is 48.0. The summed E-state index contributed by atoms with van der Waals surface area (Å²) in [5.41, 5.74) is 3.72. The maximum Gasteiger partial charge on any atom is 0.330 e. The van der Waals surface area contributed by atoms with Gasteiger partial charge in [0.2, 0.25) is 0 Å². The Hall–Kier alpha value is -6.63. The Morgan fingerprint density at radius 3 is 1.74 bits per heavy atom. The van der Waals surface area contributed by atoms with Gasteiger partial charge < -0.3 is 10.4 Å². The van der Waals surface area contributed by atoms with Crippen LogP contribution in [0.5, 0.6) is 0 Å². The van der Waals surface area contributed by atoms with Gasteiger partial charge in [0.25, 0.3) is 19.2 Å². The lowest BCUT2D eigenvalue weighted by Crippen LogP contribution is -2.42. The van der Waals surface area contributed by atoms with E-state index in [1.165, 1.54) is 30.5 Å². The number of benzene rings is 5. The third kappa shape index (κ3) is 9.02. The molecule has 6 aromatic rings. The minimum Gasteiger partial charge on any atom is -0.480 e. The summed E-state index contributed by atoms with van der Waals surface area (Å²) in [5, 5.41) is 29.6. The zero-order valence-electron chi connectivity index (χ0n) is 34.7. The van der Waals surface area contributed by atoms with E-state index in [0.29, 0.717) is 22.4 Å². The van der Waals surface area contributed by atoms with Crippen LogP contribution >= 0.6 is 7.59 Å². The predicted octanol–water partition coefficient (Wildman–Crippen LogP) is 9.89. The molecule has 5 aromatic carbocycles. The van der Waals surface area contributed by atoms with Gasteiger partial charge in [-0.2, -0.15) is 0 Å². The SMILES string of the molecule is CC(C)N1[C@H](c2ccccc2)[C@@H](c2ccccc2)N(C(C)C)P1(=O)N[C@@H](c1ccc([N+](=O)[O-])cc1)[C@@H](N=C(c1ccccc1)c1ccccc1NC(=O)c1ccccn1)C(=O)O. The van der Waals surface area contributed by atoms with Crippen molar-refractivity contribution in [2.45, 2.75) is 63.9 Å². The molecule has 1 fully saturated rings. The Morgan fingerprint density at radius 2 is 1.24 bits per heavy atom. The number of hydrogen-bond donors (Lipinski definition) is 3. The molecule has 7 rings (SSSR count). The molecule has 0 aliphatic carbocycles. The Labute approximate surface area is 360 Å². The van der Waals surface area contributed by atoms with Crippen LogP contribution in [-0.4, -0.2) is 60.1 Å². The molecule has 13 nitrogen and oxygen atoms in total. The molecule has 1 aromatic heterocycles. The number of nitrogens with one attached hydrogen (secondary N) is 2. The Balaban J connectivity index is 1.45. The Bertz CT molecular complexity index is 2520. The van der Waals surface area contributed by atoms with Crippen molar-refractivity contribution in [1.82, 2.24) is 19.4 Å². The number of rotatable bonds is 15. The number of aliphatic imine (C=N–C) groups is 1. The summed E-state index contributed by atoms with van der Waals surface area (Å²) in [6.45, 7) is 7.86. The minimum absolute atomic E-state index is 0.180. The maximum atomic E-state index is 16.7. The molecule has 316 valence electrons. The van der Waals surface area contributed by atoms with E-state index in [1.807, 2.05) is 104 Å². The zero-order valence-corrected chi connectivity index (χ0v) is 35.6. The van der Waals surface area contributed by atoms with Gasteiger partial charge in [-0.15, -0.1) is 0 Å². The molecule has 0 radical (unpaired) electrons. The van der Waals surface area contributed by atoms with Gasteiger partial charge in [-0.05, 0) is 62.6 Å². The van der Waals surface area contributed by atoms with Crippen LogP contribution in [0.1, 0.15) is 84.1 Å². The molecule has 62 heavy (non-hydrogen) atoms. The van der Waals surface area contributed by atoms with Crippen LogP contribution in [0.2, 0.25) is 0 Å². The molecular formula is C48H48N7O6P. The number of nitro benzene ring substituents is 1. The lowest BCUT2D eigenvalue weighted by molar-refractivity contribution is -0.384. The maximum absolute atomic E-state index is 16.7. The quantitative estimate of drug-likeness (QED) is 0.0391. The summed E-state index contributed by atoms with van der Waals surface area (Å²) < 4.78 is 20.6. The average molecular weight is 850 g/mol. The predicted molar refractivity (Wildman–Crippen MR) is 241 cm³/mol. The number of carboxylic acids is 1. The number of nitrogens with zero attached hydrogens (tertiary/aromatic N) is 5. The summed E-state index contributed by atoms with van der Waals surface area (Å²) in [6.07, 6.45) is 1.52. The highest BCUT2D eigenvalue weighted by Crippen LogP contribution is 2.69. The van der Waals surface area contributed by atoms with Crippen molar-refractivity contribution in [3.8, 4) is 0 Å². The third-order valence-corrected chi connectivity index (χ3v) is 14.1. The van der Waals surface area contributed by atoms with Crippen LogP contribution in [0.15, 0.2) is 169 Å². The van der Waals surface area contributed by atoms with Gasteiger partial charge in [0.1, 0.15) is 5.69 Å². The Morgan fingerprint density at radius 1 is 0.726 bits per heavy atom. The van der Waals surface area contributed by atoms with Crippen LogP contribution in [-0.2, 0) is 9.36 Å². The highest BCUT2D eigenvalue weighted by molar-refractivity contribution is 7.57. The summed E-state index contributed by atoms with van der Waals surface area (Å²) in [6, 6.07) is 41.7. The number of para-hydroxylation sites is 1. The second-order valence-electron chi connectivity index (χ2n) is 15.5. The van der Waals surface area contributed by atoms with Gasteiger partial charge in [-0.25, -0.2) is 19.2 Å². The van der Waals surface area contributed by atoms with Crippen molar-refractivity contribution in [1.29, 1.82) is 0 Å². The van der Waals surface area contributed by atoms with Crippen molar-refractivity contribution in [3.63, 3.8) is 0 Å². The first-order chi connectivity index (χ1) is 29.9. The number of hydrogen-bond acceptors (Lipinski definition) is 7. The van der Waals surface area contributed by atoms with E-state index in [-0.39, 0.29) is 29.2 Å². The lowest BCUT2D eigenvalue weighted by Gasteiger charge is -2.39. The van der Waals surface area contributed by atoms with E-state index >= 15 is 4.57 Å². The highest BCUT2D eigenvalue weighted by Gasteiger charge is 2.59. The van der Waals surface area contributed by atoms with Crippen LogP contribution in [0.25, 0.3) is 0 Å². The first kappa shape index (κ1) is 43.5. The summed E-state index contributed by atoms with van der Waals surface area (Å²) in [7, 11) is -4.06. The smallest absolute Gasteiger partial charge is 0.330 e. The Kier molecular flexibility index (Phi) is 13.3. The second kappa shape index (κ2) is 19.0. The second-order valence-corrected chi connectivity index (χ2v) is 17.8. The number of carbonyl (C=O) groups excluding carboxylic acids is 1. The molecule has 0 unspecified atom stereocenters. The van der Waals surface area contributed by atoms with Gasteiger partial charge in [-0.1, -0.05) is 127 Å². The number of aromatic nitrogens is 1. The molecular weight excluding hydrogens is 802 g/mol.